The molecule has 0 heterocycles. The lowest BCUT2D eigenvalue weighted by molar-refractivity contribution is 0.0981. The minimum Gasteiger partial charge on any atom is -0.317 e. The monoisotopic (exact) mass is 327 g/mol. The van der Waals surface area contributed by atoms with E-state index in [1.807, 2.05) is 18.2 Å². The second-order valence-electron chi connectivity index (χ2n) is 7.32. The van der Waals surface area contributed by atoms with Gasteiger partial charge in [-0.05, 0) is 67.3 Å². The summed E-state index contributed by atoms with van der Waals surface area (Å²) in [7, 11) is 2.10. The molecule has 0 aromatic heterocycles. The summed E-state index contributed by atoms with van der Waals surface area (Å²) in [6, 6.07) is 6.39. The zero-order chi connectivity index (χ0) is 15.6. The number of hydrogen-bond acceptors (Lipinski definition) is 1. The topological polar surface area (TPSA) is 12.0 Å². The van der Waals surface area contributed by atoms with E-state index >= 15 is 0 Å². The first kappa shape index (κ1) is 17.1. The standard InChI is InChI=1S/C18H27Cl2N/c1-12-5-7-15(17(9-12)21-4)18(2,3)11-13-10-14(19)6-8-16(13)20/h6,8,10,12,15,17,21H,5,7,9,11H2,1-4H3. The summed E-state index contributed by atoms with van der Waals surface area (Å²) in [5.41, 5.74) is 1.38. The molecule has 0 amide bonds. The quantitative estimate of drug-likeness (QED) is 0.760. The van der Waals surface area contributed by atoms with Gasteiger partial charge in [-0.25, -0.2) is 0 Å². The van der Waals surface area contributed by atoms with Gasteiger partial charge in [0.15, 0.2) is 0 Å². The van der Waals surface area contributed by atoms with E-state index in [4.69, 9.17) is 23.2 Å². The third-order valence-electron chi connectivity index (χ3n) is 5.14. The van der Waals surface area contributed by atoms with Gasteiger partial charge in [-0.2, -0.15) is 0 Å². The van der Waals surface area contributed by atoms with Gasteiger partial charge in [-0.3, -0.25) is 0 Å². The lowest BCUT2D eigenvalue weighted by Gasteiger charge is -2.44. The molecule has 3 heteroatoms. The van der Waals surface area contributed by atoms with E-state index in [2.05, 4.69) is 33.1 Å². The Bertz CT molecular complexity index is 484. The van der Waals surface area contributed by atoms with Gasteiger partial charge in [0, 0.05) is 16.1 Å². The van der Waals surface area contributed by atoms with Gasteiger partial charge in [0.05, 0.1) is 0 Å². The van der Waals surface area contributed by atoms with Crippen molar-refractivity contribution in [2.45, 2.75) is 52.5 Å². The lowest BCUT2D eigenvalue weighted by atomic mass is 9.64. The number of nitrogens with one attached hydrogen (secondary N) is 1. The van der Waals surface area contributed by atoms with Gasteiger partial charge < -0.3 is 5.32 Å². The molecular weight excluding hydrogens is 301 g/mol. The van der Waals surface area contributed by atoms with Crippen LogP contribution in [0, 0.1) is 17.3 Å². The van der Waals surface area contributed by atoms with Crippen LogP contribution in [0.15, 0.2) is 18.2 Å². The van der Waals surface area contributed by atoms with Crippen molar-refractivity contribution in [1.82, 2.24) is 5.32 Å². The Balaban J connectivity index is 2.18. The SMILES string of the molecule is CNC1CC(C)CCC1C(C)(C)Cc1cc(Cl)ccc1Cl. The largest absolute Gasteiger partial charge is 0.317 e. The summed E-state index contributed by atoms with van der Waals surface area (Å²) in [6.07, 6.45) is 4.87. The fourth-order valence-electron chi connectivity index (χ4n) is 3.94. The van der Waals surface area contributed by atoms with Crippen LogP contribution < -0.4 is 5.32 Å². The van der Waals surface area contributed by atoms with Crippen LogP contribution in [0.1, 0.15) is 45.6 Å². The Hall–Kier alpha value is -0.240. The van der Waals surface area contributed by atoms with Crippen LogP contribution in [0.5, 0.6) is 0 Å². The Kier molecular flexibility index (Phi) is 5.62. The molecule has 21 heavy (non-hydrogen) atoms. The molecule has 1 nitrogen and oxygen atoms in total. The molecule has 3 atom stereocenters. The first-order chi connectivity index (χ1) is 9.83. The molecule has 1 fully saturated rings. The molecule has 1 N–H and O–H groups in total. The summed E-state index contributed by atoms with van der Waals surface area (Å²) in [4.78, 5) is 0. The van der Waals surface area contributed by atoms with Gasteiger partial charge in [0.1, 0.15) is 0 Å². The smallest absolute Gasteiger partial charge is 0.0439 e. The van der Waals surface area contributed by atoms with Gasteiger partial charge in [-0.1, -0.05) is 50.4 Å². The molecule has 0 bridgehead atoms. The maximum atomic E-state index is 6.36. The minimum atomic E-state index is 0.210. The molecule has 1 aromatic carbocycles. The van der Waals surface area contributed by atoms with Crippen molar-refractivity contribution in [3.05, 3.63) is 33.8 Å². The van der Waals surface area contributed by atoms with Gasteiger partial charge in [0.2, 0.25) is 0 Å². The average molecular weight is 328 g/mol. The molecule has 0 radical (unpaired) electrons. The third-order valence-corrected chi connectivity index (χ3v) is 5.74. The van der Waals surface area contributed by atoms with Gasteiger partial charge in [-0.15, -0.1) is 0 Å². The predicted octanol–water partition coefficient (Wildman–Crippen LogP) is 5.59. The summed E-state index contributed by atoms with van der Waals surface area (Å²) >= 11 is 12.5. The lowest BCUT2D eigenvalue weighted by Crippen LogP contribution is -2.46. The zero-order valence-corrected chi connectivity index (χ0v) is 15.1. The summed E-state index contributed by atoms with van der Waals surface area (Å²) in [5.74, 6) is 1.50. The molecule has 3 unspecified atom stereocenters. The molecule has 1 aromatic rings. The highest BCUT2D eigenvalue weighted by atomic mass is 35.5. The van der Waals surface area contributed by atoms with Crippen LogP contribution in [0.2, 0.25) is 10.0 Å². The molecule has 118 valence electrons. The molecule has 0 aliphatic heterocycles. The van der Waals surface area contributed by atoms with Crippen molar-refractivity contribution in [2.75, 3.05) is 7.05 Å². The second-order valence-corrected chi connectivity index (χ2v) is 8.16. The summed E-state index contributed by atoms with van der Waals surface area (Å²) in [6.45, 7) is 7.10. The maximum Gasteiger partial charge on any atom is 0.0439 e. The molecule has 2 rings (SSSR count). The van der Waals surface area contributed by atoms with Crippen LogP contribution in [0.25, 0.3) is 0 Å². The van der Waals surface area contributed by atoms with E-state index in [-0.39, 0.29) is 5.41 Å². The highest BCUT2D eigenvalue weighted by molar-refractivity contribution is 6.33. The number of benzene rings is 1. The van der Waals surface area contributed by atoms with Crippen LogP contribution in [-0.2, 0) is 6.42 Å². The molecule has 0 spiro atoms. The second kappa shape index (κ2) is 6.89. The van der Waals surface area contributed by atoms with E-state index in [0.717, 1.165) is 22.4 Å². The van der Waals surface area contributed by atoms with Crippen molar-refractivity contribution in [2.24, 2.45) is 17.3 Å². The van der Waals surface area contributed by atoms with Crippen LogP contribution in [0.4, 0.5) is 0 Å². The molecular formula is C18H27Cl2N. The van der Waals surface area contributed by atoms with Crippen LogP contribution in [-0.4, -0.2) is 13.1 Å². The maximum absolute atomic E-state index is 6.36. The molecule has 1 aliphatic carbocycles. The zero-order valence-electron chi connectivity index (χ0n) is 13.5. The van der Waals surface area contributed by atoms with E-state index in [1.165, 1.54) is 24.8 Å². The number of rotatable bonds is 4. The Morgan fingerprint density at radius 2 is 1.95 bits per heavy atom. The summed E-state index contributed by atoms with van der Waals surface area (Å²) in [5, 5.41) is 5.15. The minimum absolute atomic E-state index is 0.210. The highest BCUT2D eigenvalue weighted by Crippen LogP contribution is 2.43. The third kappa shape index (κ3) is 4.15. The first-order valence-corrected chi connectivity index (χ1v) is 8.70. The van der Waals surface area contributed by atoms with Crippen molar-refractivity contribution >= 4 is 23.2 Å². The molecule has 0 saturated heterocycles. The fraction of sp³-hybridized carbons (Fsp3) is 0.667. The normalized spacial score (nSPS) is 26.9. The Labute approximate surface area is 139 Å². The Morgan fingerprint density at radius 1 is 1.24 bits per heavy atom. The van der Waals surface area contributed by atoms with Crippen molar-refractivity contribution in [3.63, 3.8) is 0 Å². The van der Waals surface area contributed by atoms with Gasteiger partial charge >= 0.3 is 0 Å². The number of halogens is 2. The van der Waals surface area contributed by atoms with Crippen molar-refractivity contribution in [1.29, 1.82) is 0 Å². The van der Waals surface area contributed by atoms with Crippen LogP contribution >= 0.6 is 23.2 Å². The number of hydrogen-bond donors (Lipinski definition) is 1. The first-order valence-electron chi connectivity index (χ1n) is 7.94. The fourth-order valence-corrected chi connectivity index (χ4v) is 4.32. The van der Waals surface area contributed by atoms with Gasteiger partial charge in [0.25, 0.3) is 0 Å². The predicted molar refractivity (Wildman–Crippen MR) is 93.3 cm³/mol. The van der Waals surface area contributed by atoms with E-state index in [1.54, 1.807) is 0 Å². The van der Waals surface area contributed by atoms with Crippen LogP contribution in [0.3, 0.4) is 0 Å². The Morgan fingerprint density at radius 3 is 2.62 bits per heavy atom. The highest BCUT2D eigenvalue weighted by Gasteiger charge is 2.38. The van der Waals surface area contributed by atoms with E-state index in [9.17, 15) is 0 Å². The molecule has 1 saturated carbocycles. The molecule has 1 aliphatic rings. The van der Waals surface area contributed by atoms with Crippen molar-refractivity contribution < 1.29 is 0 Å². The summed E-state index contributed by atoms with van der Waals surface area (Å²) < 4.78 is 0. The van der Waals surface area contributed by atoms with E-state index in [0.29, 0.717) is 12.0 Å². The average Bonchev–Trinajstić information content (AvgIpc) is 2.42. The van der Waals surface area contributed by atoms with E-state index < -0.39 is 0 Å². The van der Waals surface area contributed by atoms with Crippen molar-refractivity contribution in [3.8, 4) is 0 Å².